The summed E-state index contributed by atoms with van der Waals surface area (Å²) in [5.41, 5.74) is 6.82. The molecule has 4 heterocycles. The van der Waals surface area contributed by atoms with Crippen LogP contribution in [0.15, 0.2) is 54.3 Å². The van der Waals surface area contributed by atoms with Crippen molar-refractivity contribution in [2.75, 3.05) is 0 Å². The van der Waals surface area contributed by atoms with Crippen LogP contribution in [0, 0.1) is 6.92 Å². The fraction of sp³-hybridized carbons (Fsp3) is 0.143. The lowest BCUT2D eigenvalue weighted by atomic mass is 10.1. The van der Waals surface area contributed by atoms with Crippen LogP contribution < -0.4 is 0 Å². The van der Waals surface area contributed by atoms with Crippen molar-refractivity contribution in [2.24, 2.45) is 14.1 Å². The molecule has 0 N–H and O–H groups in total. The molecule has 0 radical (unpaired) electrons. The zero-order chi connectivity index (χ0) is 17.8. The highest BCUT2D eigenvalue weighted by atomic mass is 32.1. The molecule has 0 saturated carbocycles. The minimum absolute atomic E-state index is 0.984. The largest absolute Gasteiger partial charge is 0.350 e. The Balaban J connectivity index is 1.68. The van der Waals surface area contributed by atoms with E-state index in [0.717, 1.165) is 27.3 Å². The number of pyridine rings is 1. The van der Waals surface area contributed by atoms with Gasteiger partial charge in [-0.25, -0.2) is 9.97 Å². The van der Waals surface area contributed by atoms with Crippen molar-refractivity contribution in [1.29, 1.82) is 0 Å². The number of thiazole rings is 1. The van der Waals surface area contributed by atoms with E-state index in [1.54, 1.807) is 11.3 Å². The second kappa shape index (κ2) is 5.54. The highest BCUT2D eigenvalue weighted by Crippen LogP contribution is 2.36. The molecule has 0 bridgehead atoms. The van der Waals surface area contributed by atoms with Crippen LogP contribution in [0.25, 0.3) is 43.8 Å². The lowest BCUT2D eigenvalue weighted by Crippen LogP contribution is -1.85. The first-order chi connectivity index (χ1) is 12.6. The number of nitrogens with zero attached hydrogens (tertiary/aromatic N) is 4. The van der Waals surface area contributed by atoms with Gasteiger partial charge in [0.2, 0.25) is 0 Å². The van der Waals surface area contributed by atoms with Gasteiger partial charge in [0.25, 0.3) is 0 Å². The molecule has 0 unspecified atom stereocenters. The Bertz CT molecular complexity index is 1270. The fourth-order valence-electron chi connectivity index (χ4n) is 3.61. The van der Waals surface area contributed by atoms with E-state index in [4.69, 9.17) is 4.98 Å². The van der Waals surface area contributed by atoms with Crippen molar-refractivity contribution < 1.29 is 0 Å². The Morgan fingerprint density at radius 1 is 0.962 bits per heavy atom. The molecule has 128 valence electrons. The maximum Gasteiger partial charge on any atom is 0.140 e. The summed E-state index contributed by atoms with van der Waals surface area (Å²) in [4.78, 5) is 9.45. The third-order valence-electron chi connectivity index (χ3n) is 4.89. The van der Waals surface area contributed by atoms with Crippen LogP contribution in [-0.2, 0) is 14.1 Å². The predicted molar refractivity (Wildman–Crippen MR) is 108 cm³/mol. The minimum atomic E-state index is 0.984. The summed E-state index contributed by atoms with van der Waals surface area (Å²) in [6.07, 6.45) is 6.12. The van der Waals surface area contributed by atoms with E-state index < -0.39 is 0 Å². The molecule has 4 nitrogen and oxygen atoms in total. The standard InChI is InChI=1S/C21H18N4S/c1-13-6-7-19-15(9-13)17(11-24(19)2)21-23-18(12-26-21)16-10-25(3)20-14(16)5-4-8-22-20/h4-12H,1-3H3. The van der Waals surface area contributed by atoms with Gasteiger partial charge in [-0.05, 0) is 31.2 Å². The average Bonchev–Trinajstić information content (AvgIpc) is 3.32. The molecule has 0 atom stereocenters. The molecular formula is C21H18N4S. The third kappa shape index (κ3) is 2.21. The number of rotatable bonds is 2. The molecule has 26 heavy (non-hydrogen) atoms. The lowest BCUT2D eigenvalue weighted by Gasteiger charge is -1.97. The summed E-state index contributed by atoms with van der Waals surface area (Å²) in [7, 11) is 4.12. The summed E-state index contributed by atoms with van der Waals surface area (Å²) in [6, 6.07) is 10.7. The van der Waals surface area contributed by atoms with E-state index in [9.17, 15) is 0 Å². The van der Waals surface area contributed by atoms with Gasteiger partial charge in [0.15, 0.2) is 0 Å². The zero-order valence-corrected chi connectivity index (χ0v) is 15.7. The second-order valence-electron chi connectivity index (χ2n) is 6.74. The second-order valence-corrected chi connectivity index (χ2v) is 7.60. The molecule has 0 aliphatic rings. The molecule has 0 fully saturated rings. The normalized spacial score (nSPS) is 11.7. The van der Waals surface area contributed by atoms with E-state index in [1.807, 2.05) is 19.3 Å². The highest BCUT2D eigenvalue weighted by Gasteiger charge is 2.16. The number of aryl methyl sites for hydroxylation is 3. The molecule has 5 heteroatoms. The van der Waals surface area contributed by atoms with Gasteiger partial charge in [0, 0.05) is 65.5 Å². The van der Waals surface area contributed by atoms with E-state index in [2.05, 4.69) is 70.1 Å². The van der Waals surface area contributed by atoms with Gasteiger partial charge in [0.05, 0.1) is 5.69 Å². The SMILES string of the molecule is Cc1ccc2c(c1)c(-c1nc(-c3cn(C)c4ncccc34)cs1)cn2C. The van der Waals surface area contributed by atoms with Crippen LogP contribution >= 0.6 is 11.3 Å². The quantitative estimate of drug-likeness (QED) is 0.437. The summed E-state index contributed by atoms with van der Waals surface area (Å²) in [5.74, 6) is 0. The summed E-state index contributed by atoms with van der Waals surface area (Å²) >= 11 is 1.70. The Morgan fingerprint density at radius 2 is 1.81 bits per heavy atom. The van der Waals surface area contributed by atoms with Gasteiger partial charge in [-0.3, -0.25) is 0 Å². The zero-order valence-electron chi connectivity index (χ0n) is 14.9. The molecule has 1 aromatic carbocycles. The molecule has 0 saturated heterocycles. The average molecular weight is 358 g/mol. The fourth-order valence-corrected chi connectivity index (χ4v) is 4.46. The Labute approximate surface area is 155 Å². The van der Waals surface area contributed by atoms with Crippen molar-refractivity contribution in [3.63, 3.8) is 0 Å². The molecule has 0 aliphatic heterocycles. The van der Waals surface area contributed by atoms with Crippen LogP contribution in [0.4, 0.5) is 0 Å². The molecule has 0 spiro atoms. The van der Waals surface area contributed by atoms with Crippen LogP contribution in [0.5, 0.6) is 0 Å². The maximum absolute atomic E-state index is 4.97. The maximum atomic E-state index is 4.97. The van der Waals surface area contributed by atoms with Crippen LogP contribution in [0.1, 0.15) is 5.56 Å². The number of aromatic nitrogens is 4. The van der Waals surface area contributed by atoms with Gasteiger partial charge in [-0.1, -0.05) is 11.6 Å². The van der Waals surface area contributed by atoms with E-state index in [0.29, 0.717) is 0 Å². The van der Waals surface area contributed by atoms with Gasteiger partial charge in [-0.2, -0.15) is 0 Å². The lowest BCUT2D eigenvalue weighted by molar-refractivity contribution is 0.949. The van der Waals surface area contributed by atoms with Crippen molar-refractivity contribution in [3.8, 4) is 21.8 Å². The van der Waals surface area contributed by atoms with Crippen LogP contribution in [-0.4, -0.2) is 19.1 Å². The molecule has 5 rings (SSSR count). The van der Waals surface area contributed by atoms with Crippen molar-refractivity contribution in [1.82, 2.24) is 19.1 Å². The predicted octanol–water partition coefficient (Wildman–Crippen LogP) is 5.16. The smallest absolute Gasteiger partial charge is 0.140 e. The number of fused-ring (bicyclic) bond motifs is 2. The van der Waals surface area contributed by atoms with Crippen molar-refractivity contribution >= 4 is 33.3 Å². The molecule has 0 amide bonds. The Hall–Kier alpha value is -2.92. The first kappa shape index (κ1) is 15.3. The summed E-state index contributed by atoms with van der Waals surface area (Å²) < 4.78 is 4.23. The monoisotopic (exact) mass is 358 g/mol. The molecular weight excluding hydrogens is 340 g/mol. The third-order valence-corrected chi connectivity index (χ3v) is 5.76. The van der Waals surface area contributed by atoms with Crippen LogP contribution in [0.2, 0.25) is 0 Å². The first-order valence-corrected chi connectivity index (χ1v) is 9.42. The number of hydrogen-bond acceptors (Lipinski definition) is 3. The van der Waals surface area contributed by atoms with E-state index >= 15 is 0 Å². The summed E-state index contributed by atoms with van der Waals surface area (Å²) in [5, 5.41) is 5.59. The Morgan fingerprint density at radius 3 is 2.69 bits per heavy atom. The molecule has 5 aromatic rings. The van der Waals surface area contributed by atoms with E-state index in [1.165, 1.54) is 22.0 Å². The van der Waals surface area contributed by atoms with Crippen molar-refractivity contribution in [2.45, 2.75) is 6.92 Å². The molecule has 4 aromatic heterocycles. The van der Waals surface area contributed by atoms with E-state index in [-0.39, 0.29) is 0 Å². The van der Waals surface area contributed by atoms with Gasteiger partial charge in [0.1, 0.15) is 10.7 Å². The van der Waals surface area contributed by atoms with Gasteiger partial charge < -0.3 is 9.13 Å². The van der Waals surface area contributed by atoms with Crippen LogP contribution in [0.3, 0.4) is 0 Å². The Kier molecular flexibility index (Phi) is 3.27. The minimum Gasteiger partial charge on any atom is -0.350 e. The van der Waals surface area contributed by atoms with Crippen molar-refractivity contribution in [3.05, 3.63) is 59.9 Å². The topological polar surface area (TPSA) is 35.6 Å². The highest BCUT2D eigenvalue weighted by molar-refractivity contribution is 7.13. The molecule has 0 aliphatic carbocycles. The van der Waals surface area contributed by atoms with Gasteiger partial charge in [-0.15, -0.1) is 11.3 Å². The summed E-state index contributed by atoms with van der Waals surface area (Å²) in [6.45, 7) is 2.13. The number of benzene rings is 1. The first-order valence-electron chi connectivity index (χ1n) is 8.54. The number of hydrogen-bond donors (Lipinski definition) is 0. The van der Waals surface area contributed by atoms with Gasteiger partial charge >= 0.3 is 0 Å².